The summed E-state index contributed by atoms with van der Waals surface area (Å²) in [5.41, 5.74) is 0.620. The largest absolute Gasteiger partial charge is 0.493 e. The van der Waals surface area contributed by atoms with Gasteiger partial charge in [-0.2, -0.15) is 0 Å². The minimum atomic E-state index is -0.0788. The van der Waals surface area contributed by atoms with E-state index in [9.17, 15) is 4.79 Å². The molecule has 0 spiro atoms. The Bertz CT molecular complexity index is 502. The van der Waals surface area contributed by atoms with Crippen LogP contribution in [-0.2, 0) is 4.79 Å². The molecule has 0 aliphatic heterocycles. The lowest BCUT2D eigenvalue weighted by Gasteiger charge is -2.22. The summed E-state index contributed by atoms with van der Waals surface area (Å²) in [7, 11) is 4.65. The molecule has 0 bridgehead atoms. The van der Waals surface area contributed by atoms with Crippen LogP contribution in [0.3, 0.4) is 0 Å². The van der Waals surface area contributed by atoms with Gasteiger partial charge in [0.15, 0.2) is 11.5 Å². The van der Waals surface area contributed by atoms with E-state index in [1.165, 1.54) is 19.3 Å². The van der Waals surface area contributed by atoms with Gasteiger partial charge in [-0.1, -0.05) is 19.3 Å². The Kier molecular flexibility index (Phi) is 6.52. The molecule has 0 aromatic heterocycles. The number of methoxy groups -OCH3 is 3. The van der Waals surface area contributed by atoms with Crippen LogP contribution in [0.4, 0.5) is 5.69 Å². The highest BCUT2D eigenvalue weighted by molar-refractivity contribution is 5.93. The first-order chi connectivity index (χ1) is 11.2. The second-order valence-corrected chi connectivity index (χ2v) is 5.68. The molecule has 0 atom stereocenters. The Labute approximate surface area is 137 Å². The number of ether oxygens (including phenoxy) is 3. The van der Waals surface area contributed by atoms with E-state index in [1.807, 2.05) is 0 Å². The second kappa shape index (κ2) is 8.62. The van der Waals surface area contributed by atoms with E-state index in [0.717, 1.165) is 12.8 Å². The summed E-state index contributed by atoms with van der Waals surface area (Å²) in [6.07, 6.45) is 6.09. The highest BCUT2D eigenvalue weighted by atomic mass is 16.5. The monoisotopic (exact) mass is 322 g/mol. The van der Waals surface area contributed by atoms with Gasteiger partial charge in [0.25, 0.3) is 0 Å². The number of carbonyl (C=O) groups excluding carboxylic acids is 1. The summed E-state index contributed by atoms with van der Waals surface area (Å²) in [4.78, 5) is 12.1. The van der Waals surface area contributed by atoms with Crippen molar-refractivity contribution in [2.45, 2.75) is 38.1 Å². The minimum Gasteiger partial charge on any atom is -0.493 e. The highest BCUT2D eigenvalue weighted by Crippen LogP contribution is 2.39. The number of amides is 1. The zero-order valence-electron chi connectivity index (χ0n) is 14.1. The molecule has 128 valence electrons. The number of carbonyl (C=O) groups is 1. The zero-order chi connectivity index (χ0) is 16.7. The summed E-state index contributed by atoms with van der Waals surface area (Å²) in [5, 5.41) is 6.19. The van der Waals surface area contributed by atoms with Gasteiger partial charge in [0, 0.05) is 23.9 Å². The smallest absolute Gasteiger partial charge is 0.238 e. The number of rotatable bonds is 7. The quantitative estimate of drug-likeness (QED) is 0.807. The lowest BCUT2D eigenvalue weighted by molar-refractivity contribution is -0.115. The van der Waals surface area contributed by atoms with Crippen molar-refractivity contribution >= 4 is 11.6 Å². The van der Waals surface area contributed by atoms with Crippen molar-refractivity contribution in [3.63, 3.8) is 0 Å². The van der Waals surface area contributed by atoms with Crippen LogP contribution in [0.15, 0.2) is 12.1 Å². The topological polar surface area (TPSA) is 68.8 Å². The predicted octanol–water partition coefficient (Wildman–Crippen LogP) is 2.57. The van der Waals surface area contributed by atoms with Crippen LogP contribution in [0.2, 0.25) is 0 Å². The first-order valence-corrected chi connectivity index (χ1v) is 8.01. The van der Waals surface area contributed by atoms with Crippen molar-refractivity contribution in [2.75, 3.05) is 33.2 Å². The summed E-state index contributed by atoms with van der Waals surface area (Å²) < 4.78 is 15.8. The fourth-order valence-electron chi connectivity index (χ4n) is 2.90. The highest BCUT2D eigenvalue weighted by Gasteiger charge is 2.16. The van der Waals surface area contributed by atoms with Crippen molar-refractivity contribution in [2.24, 2.45) is 0 Å². The molecule has 0 heterocycles. The van der Waals surface area contributed by atoms with Crippen LogP contribution in [0.5, 0.6) is 17.2 Å². The van der Waals surface area contributed by atoms with Gasteiger partial charge >= 0.3 is 0 Å². The Hall–Kier alpha value is -1.95. The standard InChI is InChI=1S/C17H26N2O4/c1-21-14-9-13(10-15(22-2)17(14)23-3)19-16(20)11-18-12-7-5-4-6-8-12/h9-10,12,18H,4-8,11H2,1-3H3,(H,19,20). The number of nitrogens with one attached hydrogen (secondary N) is 2. The van der Waals surface area contributed by atoms with Gasteiger partial charge in [-0.15, -0.1) is 0 Å². The van der Waals surface area contributed by atoms with Gasteiger partial charge in [-0.3, -0.25) is 4.79 Å². The van der Waals surface area contributed by atoms with Gasteiger partial charge < -0.3 is 24.8 Å². The van der Waals surface area contributed by atoms with Crippen LogP contribution in [0, 0.1) is 0 Å². The molecule has 0 unspecified atom stereocenters. The van der Waals surface area contributed by atoms with Crippen LogP contribution in [0.1, 0.15) is 32.1 Å². The number of benzene rings is 1. The fraction of sp³-hybridized carbons (Fsp3) is 0.588. The third-order valence-corrected chi connectivity index (χ3v) is 4.10. The van der Waals surface area contributed by atoms with Crippen molar-refractivity contribution in [3.8, 4) is 17.2 Å². The van der Waals surface area contributed by atoms with E-state index in [4.69, 9.17) is 14.2 Å². The molecule has 1 fully saturated rings. The molecule has 6 nitrogen and oxygen atoms in total. The molecule has 23 heavy (non-hydrogen) atoms. The first kappa shape index (κ1) is 17.4. The average molecular weight is 322 g/mol. The lowest BCUT2D eigenvalue weighted by Crippen LogP contribution is -2.37. The van der Waals surface area contributed by atoms with Crippen LogP contribution < -0.4 is 24.8 Å². The van der Waals surface area contributed by atoms with Crippen LogP contribution in [-0.4, -0.2) is 39.8 Å². The van der Waals surface area contributed by atoms with Crippen molar-refractivity contribution in [1.82, 2.24) is 5.32 Å². The molecular weight excluding hydrogens is 296 g/mol. The van der Waals surface area contributed by atoms with Crippen molar-refractivity contribution in [3.05, 3.63) is 12.1 Å². The van der Waals surface area contributed by atoms with Gasteiger partial charge in [-0.25, -0.2) is 0 Å². The van der Waals surface area contributed by atoms with E-state index in [2.05, 4.69) is 10.6 Å². The SMILES string of the molecule is COc1cc(NC(=O)CNC2CCCCC2)cc(OC)c1OC. The Morgan fingerprint density at radius 1 is 1.04 bits per heavy atom. The molecule has 2 N–H and O–H groups in total. The summed E-state index contributed by atoms with van der Waals surface area (Å²) in [6, 6.07) is 3.90. The summed E-state index contributed by atoms with van der Waals surface area (Å²) in [5.74, 6) is 1.46. The number of hydrogen-bond donors (Lipinski definition) is 2. The van der Waals surface area contributed by atoms with Gasteiger partial charge in [0.05, 0.1) is 27.9 Å². The minimum absolute atomic E-state index is 0.0788. The first-order valence-electron chi connectivity index (χ1n) is 8.01. The maximum absolute atomic E-state index is 12.1. The van der Waals surface area contributed by atoms with Crippen LogP contribution >= 0.6 is 0 Å². The Morgan fingerprint density at radius 3 is 2.17 bits per heavy atom. The molecule has 1 amide bonds. The van der Waals surface area contributed by atoms with E-state index in [0.29, 0.717) is 35.5 Å². The average Bonchev–Trinajstić information content (AvgIpc) is 2.59. The molecule has 1 saturated carbocycles. The van der Waals surface area contributed by atoms with Gasteiger partial charge in [0.1, 0.15) is 0 Å². The van der Waals surface area contributed by atoms with E-state index >= 15 is 0 Å². The van der Waals surface area contributed by atoms with Gasteiger partial charge in [0.2, 0.25) is 11.7 Å². The summed E-state index contributed by atoms with van der Waals surface area (Å²) in [6.45, 7) is 0.307. The van der Waals surface area contributed by atoms with E-state index in [-0.39, 0.29) is 5.91 Å². The third kappa shape index (κ3) is 4.76. The van der Waals surface area contributed by atoms with Crippen molar-refractivity contribution < 1.29 is 19.0 Å². The molecule has 1 aliphatic rings. The number of anilines is 1. The molecule has 0 radical (unpaired) electrons. The lowest BCUT2D eigenvalue weighted by atomic mass is 9.95. The molecule has 0 saturated heterocycles. The van der Waals surface area contributed by atoms with Crippen molar-refractivity contribution in [1.29, 1.82) is 0 Å². The second-order valence-electron chi connectivity index (χ2n) is 5.68. The molecule has 6 heteroatoms. The summed E-state index contributed by atoms with van der Waals surface area (Å²) >= 11 is 0. The van der Waals surface area contributed by atoms with Gasteiger partial charge in [-0.05, 0) is 12.8 Å². The fourth-order valence-corrected chi connectivity index (χ4v) is 2.90. The molecule has 1 aromatic rings. The molecule has 1 aromatic carbocycles. The van der Waals surface area contributed by atoms with E-state index < -0.39 is 0 Å². The maximum atomic E-state index is 12.1. The molecule has 2 rings (SSSR count). The number of hydrogen-bond acceptors (Lipinski definition) is 5. The Balaban J connectivity index is 1.96. The predicted molar refractivity (Wildman–Crippen MR) is 89.6 cm³/mol. The molecular formula is C17H26N2O4. The Morgan fingerprint density at radius 2 is 1.65 bits per heavy atom. The zero-order valence-corrected chi connectivity index (χ0v) is 14.1. The molecule has 1 aliphatic carbocycles. The van der Waals surface area contributed by atoms with Crippen LogP contribution in [0.25, 0.3) is 0 Å². The normalized spacial score (nSPS) is 15.1. The maximum Gasteiger partial charge on any atom is 0.238 e. The third-order valence-electron chi connectivity index (χ3n) is 4.10. The van der Waals surface area contributed by atoms with E-state index in [1.54, 1.807) is 33.5 Å².